The lowest BCUT2D eigenvalue weighted by molar-refractivity contribution is -0.195. The first-order chi connectivity index (χ1) is 18.9. The van der Waals surface area contributed by atoms with Gasteiger partial charge in [0.25, 0.3) is 0 Å². The van der Waals surface area contributed by atoms with Gasteiger partial charge in [0.15, 0.2) is 5.69 Å². The third kappa shape index (κ3) is 7.39. The average molecular weight is 630 g/mol. The Morgan fingerprint density at radius 2 is 1.80 bits per heavy atom. The molecular formula is C26H30F7N3O3S2. The van der Waals surface area contributed by atoms with Crippen molar-refractivity contribution in [1.29, 1.82) is 0 Å². The Bertz CT molecular complexity index is 1250. The summed E-state index contributed by atoms with van der Waals surface area (Å²) in [5.41, 5.74) is 0.104. The highest BCUT2D eigenvalue weighted by atomic mass is 32.2. The Kier molecular flexibility index (Phi) is 8.83. The van der Waals surface area contributed by atoms with Gasteiger partial charge in [0.2, 0.25) is 11.8 Å². The number of halogens is 7. The number of nitrogens with zero attached hydrogens (tertiary/aromatic N) is 3. The van der Waals surface area contributed by atoms with Crippen LogP contribution in [0.5, 0.6) is 5.75 Å². The van der Waals surface area contributed by atoms with E-state index in [0.717, 1.165) is 24.3 Å². The molecule has 0 unspecified atom stereocenters. The lowest BCUT2D eigenvalue weighted by Gasteiger charge is -2.60. The van der Waals surface area contributed by atoms with Crippen LogP contribution in [0, 0.1) is 5.41 Å². The van der Waals surface area contributed by atoms with E-state index < -0.39 is 40.7 Å². The second kappa shape index (κ2) is 11.4. The number of fused-ring (bicyclic) bond motifs is 1. The highest BCUT2D eigenvalue weighted by molar-refractivity contribution is 7.97. The van der Waals surface area contributed by atoms with Crippen LogP contribution >= 0.6 is 23.3 Å². The second-order valence-corrected chi connectivity index (χ2v) is 13.0. The van der Waals surface area contributed by atoms with Crippen LogP contribution in [0.2, 0.25) is 0 Å². The Balaban J connectivity index is 0.000000585. The van der Waals surface area contributed by atoms with Gasteiger partial charge in [0.1, 0.15) is 12.4 Å². The molecule has 1 aromatic heterocycles. The smallest absolute Gasteiger partial charge is 0.420 e. The molecule has 2 saturated carbocycles. The highest BCUT2D eigenvalue weighted by Gasteiger charge is 2.62. The number of carboxylic acid groups (broad SMARTS) is 1. The first kappa shape index (κ1) is 31.7. The first-order valence-electron chi connectivity index (χ1n) is 12.9. The number of aromatic nitrogens is 1. The fraction of sp³-hybridized carbons (Fsp3) is 0.615. The fourth-order valence-electron chi connectivity index (χ4n) is 5.34. The Labute approximate surface area is 241 Å². The molecular weight excluding hydrogens is 599 g/mol. The zero-order valence-corrected chi connectivity index (χ0v) is 24.2. The number of hydrogen-bond acceptors (Lipinski definition) is 7. The lowest BCUT2D eigenvalue weighted by Crippen LogP contribution is -2.60. The van der Waals surface area contributed by atoms with Gasteiger partial charge in [-0.15, -0.1) is 11.3 Å². The summed E-state index contributed by atoms with van der Waals surface area (Å²) in [5, 5.41) is 9.20. The molecule has 1 spiro atoms. The molecule has 0 bridgehead atoms. The van der Waals surface area contributed by atoms with Gasteiger partial charge in [0, 0.05) is 38.4 Å². The Morgan fingerprint density at radius 3 is 2.34 bits per heavy atom. The van der Waals surface area contributed by atoms with Crippen molar-refractivity contribution in [2.24, 2.45) is 5.41 Å². The summed E-state index contributed by atoms with van der Waals surface area (Å²) >= 11 is 2.28. The van der Waals surface area contributed by atoms with Crippen molar-refractivity contribution >= 4 is 34.9 Å². The van der Waals surface area contributed by atoms with Crippen LogP contribution in [-0.4, -0.2) is 58.4 Å². The molecule has 1 aromatic carbocycles. The van der Waals surface area contributed by atoms with E-state index in [-0.39, 0.29) is 42.5 Å². The molecule has 2 heterocycles. The SMILES string of the molecule is CCC(C)(F)F.CN1CCN(C2CC3(C2)CC(F)(F)C3)c2cc(C(F)(F)F)c(OCc3scnc3C(=O)O)cc2S1. The molecule has 0 saturated heterocycles. The quantitative estimate of drug-likeness (QED) is 0.258. The zero-order valence-electron chi connectivity index (χ0n) is 22.5. The third-order valence-electron chi connectivity index (χ3n) is 7.45. The van der Waals surface area contributed by atoms with Gasteiger partial charge in [-0.25, -0.2) is 31.6 Å². The monoisotopic (exact) mass is 629 g/mol. The number of carboxylic acids is 1. The molecule has 2 aromatic rings. The van der Waals surface area contributed by atoms with Crippen molar-refractivity contribution in [2.45, 2.75) is 81.5 Å². The van der Waals surface area contributed by atoms with E-state index >= 15 is 0 Å². The first-order valence-corrected chi connectivity index (χ1v) is 14.5. The van der Waals surface area contributed by atoms with E-state index in [4.69, 9.17) is 4.74 Å². The predicted molar refractivity (Wildman–Crippen MR) is 141 cm³/mol. The van der Waals surface area contributed by atoms with Crippen molar-refractivity contribution in [3.05, 3.63) is 33.8 Å². The summed E-state index contributed by atoms with van der Waals surface area (Å²) in [7, 11) is 1.83. The van der Waals surface area contributed by atoms with E-state index in [2.05, 4.69) is 4.98 Å². The fourth-order valence-corrected chi connectivity index (χ4v) is 6.94. The van der Waals surface area contributed by atoms with Crippen molar-refractivity contribution in [3.63, 3.8) is 0 Å². The molecule has 0 radical (unpaired) electrons. The van der Waals surface area contributed by atoms with E-state index in [0.29, 0.717) is 36.5 Å². The normalized spacial score (nSPS) is 20.3. The Hall–Kier alpha value is -2.26. The van der Waals surface area contributed by atoms with Gasteiger partial charge in [-0.2, -0.15) is 13.2 Å². The zero-order chi connectivity index (χ0) is 30.4. The van der Waals surface area contributed by atoms with E-state index in [9.17, 15) is 40.6 Å². The molecule has 5 rings (SSSR count). The Morgan fingerprint density at radius 1 is 1.17 bits per heavy atom. The van der Waals surface area contributed by atoms with Crippen LogP contribution < -0.4 is 9.64 Å². The van der Waals surface area contributed by atoms with Crippen LogP contribution in [0.3, 0.4) is 0 Å². The van der Waals surface area contributed by atoms with E-state index in [1.165, 1.54) is 30.4 Å². The maximum atomic E-state index is 14.1. The lowest BCUT2D eigenvalue weighted by atomic mass is 9.52. The van der Waals surface area contributed by atoms with Gasteiger partial charge < -0.3 is 14.7 Å². The number of anilines is 1. The number of thiazole rings is 1. The molecule has 41 heavy (non-hydrogen) atoms. The summed E-state index contributed by atoms with van der Waals surface area (Å²) in [6.07, 6.45) is -3.99. The van der Waals surface area contributed by atoms with Crippen LogP contribution in [0.25, 0.3) is 0 Å². The molecule has 1 N–H and O–H groups in total. The standard InChI is InChI=1S/C22H22F5N3O3S2.C4H8F2/c1-29-2-3-30(12-6-20(7-12)9-21(23,24)10-20)14-4-13(22(25,26)27)15(5-16(14)35-29)33-8-17-18(19(31)32)28-11-34-17;1-3-4(2,5)6/h4-5,11-12H,2-3,6-10H2,1H3,(H,31,32);3H2,1-2H3. The number of carbonyl (C=O) groups is 1. The van der Waals surface area contributed by atoms with Crippen molar-refractivity contribution in [2.75, 3.05) is 25.0 Å². The maximum absolute atomic E-state index is 14.1. The molecule has 0 atom stereocenters. The van der Waals surface area contributed by atoms with Gasteiger partial charge >= 0.3 is 12.1 Å². The molecule has 228 valence electrons. The number of alkyl halides is 7. The summed E-state index contributed by atoms with van der Waals surface area (Å²) in [6.45, 7) is 3.07. The molecule has 2 aliphatic carbocycles. The largest absolute Gasteiger partial charge is 0.487 e. The summed E-state index contributed by atoms with van der Waals surface area (Å²) in [6, 6.07) is 2.31. The van der Waals surface area contributed by atoms with Crippen molar-refractivity contribution in [3.8, 4) is 5.75 Å². The number of aromatic carboxylic acids is 1. The molecule has 6 nitrogen and oxygen atoms in total. The minimum Gasteiger partial charge on any atom is -0.487 e. The summed E-state index contributed by atoms with van der Waals surface area (Å²) < 4.78 is 99.4. The van der Waals surface area contributed by atoms with Crippen LogP contribution in [0.15, 0.2) is 22.5 Å². The molecule has 0 amide bonds. The number of ether oxygens (including phenoxy) is 1. The molecule has 1 aliphatic heterocycles. The molecule has 3 aliphatic rings. The van der Waals surface area contributed by atoms with Crippen LogP contribution in [-0.2, 0) is 12.8 Å². The van der Waals surface area contributed by atoms with Gasteiger partial charge in [-0.05, 0) is 56.3 Å². The number of benzene rings is 1. The van der Waals surface area contributed by atoms with Gasteiger partial charge in [-0.1, -0.05) is 6.92 Å². The number of hydrogen-bond donors (Lipinski definition) is 1. The predicted octanol–water partition coefficient (Wildman–Crippen LogP) is 7.83. The van der Waals surface area contributed by atoms with Crippen molar-refractivity contribution in [1.82, 2.24) is 9.29 Å². The van der Waals surface area contributed by atoms with Gasteiger partial charge in [-0.3, -0.25) is 0 Å². The molecule has 15 heteroatoms. The topological polar surface area (TPSA) is 65.9 Å². The van der Waals surface area contributed by atoms with E-state index in [1.807, 2.05) is 16.3 Å². The van der Waals surface area contributed by atoms with E-state index in [1.54, 1.807) is 0 Å². The maximum Gasteiger partial charge on any atom is 0.420 e. The minimum atomic E-state index is -4.71. The summed E-state index contributed by atoms with van der Waals surface area (Å²) in [5.74, 6) is -6.77. The summed E-state index contributed by atoms with van der Waals surface area (Å²) in [4.78, 5) is 17.7. The molecule has 2 fully saturated rings. The van der Waals surface area contributed by atoms with Gasteiger partial charge in [0.05, 0.1) is 26.5 Å². The average Bonchev–Trinajstić information content (AvgIpc) is 3.23. The highest BCUT2D eigenvalue weighted by Crippen LogP contribution is 2.64. The second-order valence-electron chi connectivity index (χ2n) is 10.9. The van der Waals surface area contributed by atoms with Crippen molar-refractivity contribution < 1.29 is 45.4 Å². The third-order valence-corrected chi connectivity index (χ3v) is 9.28. The minimum absolute atomic E-state index is 0.0625. The number of likely N-dealkylation sites (N-methyl/N-ethyl adjacent to an activating group) is 1. The number of rotatable bonds is 6. The van der Waals surface area contributed by atoms with Crippen LogP contribution in [0.1, 0.15) is 66.9 Å². The van der Waals surface area contributed by atoms with Crippen LogP contribution in [0.4, 0.5) is 36.4 Å².